The molecule has 0 saturated carbocycles. The summed E-state index contributed by atoms with van der Waals surface area (Å²) in [5.74, 6) is -0.674. The third kappa shape index (κ3) is 7.05. The molecular weight excluding hydrogens is 486 g/mol. The van der Waals surface area contributed by atoms with Crippen LogP contribution in [0, 0.1) is 0 Å². The minimum absolute atomic E-state index is 0.230. The molecule has 2 N–H and O–H groups in total. The molecule has 31 heavy (non-hydrogen) atoms. The number of nitrogens with one attached hydrogen (secondary N) is 2. The highest BCUT2D eigenvalue weighted by molar-refractivity contribution is 9.10. The topological polar surface area (TPSA) is 110 Å². The van der Waals surface area contributed by atoms with Crippen molar-refractivity contribution in [3.8, 4) is 5.75 Å². The monoisotopic (exact) mass is 501 g/mol. The number of amides is 2. The van der Waals surface area contributed by atoms with E-state index in [0.29, 0.717) is 16.2 Å². The molecule has 0 aliphatic carbocycles. The summed E-state index contributed by atoms with van der Waals surface area (Å²) in [4.78, 5) is 36.3. The molecule has 2 amide bonds. The second-order valence-corrected chi connectivity index (χ2v) is 7.77. The number of thiophene rings is 1. The fourth-order valence-corrected chi connectivity index (χ4v) is 3.28. The summed E-state index contributed by atoms with van der Waals surface area (Å²) in [5, 5.41) is 8.13. The number of rotatable bonds is 8. The van der Waals surface area contributed by atoms with E-state index in [1.165, 1.54) is 36.0 Å². The molecule has 0 aliphatic rings. The first-order valence-electron chi connectivity index (χ1n) is 8.88. The Morgan fingerprint density at radius 1 is 1.19 bits per heavy atom. The Hall–Kier alpha value is -3.50. The van der Waals surface area contributed by atoms with E-state index < -0.39 is 11.9 Å². The third-order valence-corrected chi connectivity index (χ3v) is 5.02. The molecule has 2 heterocycles. The quantitative estimate of drug-likeness (QED) is 0.161. The van der Waals surface area contributed by atoms with Crippen LogP contribution in [0.4, 0.5) is 0 Å². The highest BCUT2D eigenvalue weighted by Gasteiger charge is 2.09. The molecular formula is C21H16BrN3O5S. The van der Waals surface area contributed by atoms with Gasteiger partial charge in [0.25, 0.3) is 11.8 Å². The summed E-state index contributed by atoms with van der Waals surface area (Å²) in [5.41, 5.74) is 2.77. The molecule has 10 heteroatoms. The van der Waals surface area contributed by atoms with Crippen LogP contribution in [0.25, 0.3) is 6.08 Å². The molecule has 3 rings (SSSR count). The van der Waals surface area contributed by atoms with Crippen molar-refractivity contribution in [3.05, 3.63) is 80.9 Å². The van der Waals surface area contributed by atoms with Gasteiger partial charge in [0, 0.05) is 16.1 Å². The van der Waals surface area contributed by atoms with Gasteiger partial charge in [-0.25, -0.2) is 10.2 Å². The van der Waals surface area contributed by atoms with Crippen LogP contribution in [0.15, 0.2) is 74.2 Å². The summed E-state index contributed by atoms with van der Waals surface area (Å²) in [6.45, 7) is -0.230. The molecule has 0 atom stereocenters. The van der Waals surface area contributed by atoms with Crippen LogP contribution in [0.3, 0.4) is 0 Å². The fraction of sp³-hybridized carbons (Fsp3) is 0.0476. The number of hydrazone groups is 1. The van der Waals surface area contributed by atoms with Crippen LogP contribution in [-0.2, 0) is 9.59 Å². The number of hydrogen-bond acceptors (Lipinski definition) is 7. The zero-order valence-electron chi connectivity index (χ0n) is 15.9. The number of esters is 1. The van der Waals surface area contributed by atoms with Gasteiger partial charge in [-0.05, 0) is 47.9 Å². The molecule has 0 saturated heterocycles. The number of carbonyl (C=O) groups excluding carboxylic acids is 3. The summed E-state index contributed by atoms with van der Waals surface area (Å²) in [6.07, 6.45) is 5.55. The van der Waals surface area contributed by atoms with E-state index in [4.69, 9.17) is 9.15 Å². The Kier molecular flexibility index (Phi) is 7.91. The van der Waals surface area contributed by atoms with Crippen LogP contribution >= 0.6 is 27.3 Å². The SMILES string of the molecule is O=C(CNC(=O)c1cccs1)NN=Cc1cc(Br)ccc1OC(=O)C=Cc1ccco1. The standard InChI is InChI=1S/C21H16BrN3O5S/c22-15-5-7-17(30-20(27)8-6-16-3-1-9-29-16)14(11-15)12-24-25-19(26)13-23-21(28)18-4-2-10-31-18/h1-12H,13H2,(H,23,28)(H,25,26). The number of carbonyl (C=O) groups is 3. The second kappa shape index (κ2) is 11.0. The lowest BCUT2D eigenvalue weighted by molar-refractivity contribution is -0.129. The van der Waals surface area contributed by atoms with Crippen LogP contribution < -0.4 is 15.5 Å². The maximum atomic E-state index is 12.1. The smallest absolute Gasteiger partial charge is 0.336 e. The second-order valence-electron chi connectivity index (χ2n) is 5.91. The Bertz CT molecular complexity index is 1110. The number of hydrogen-bond donors (Lipinski definition) is 2. The van der Waals surface area contributed by atoms with Gasteiger partial charge in [0.05, 0.1) is 23.9 Å². The molecule has 158 valence electrons. The summed E-state index contributed by atoms with van der Waals surface area (Å²) in [6, 6.07) is 11.8. The predicted octanol–water partition coefficient (Wildman–Crippen LogP) is 3.60. The van der Waals surface area contributed by atoms with E-state index in [1.807, 2.05) is 0 Å². The Morgan fingerprint density at radius 2 is 2.06 bits per heavy atom. The van der Waals surface area contributed by atoms with Gasteiger partial charge < -0.3 is 14.5 Å². The van der Waals surface area contributed by atoms with Gasteiger partial charge in [0.15, 0.2) is 0 Å². The average Bonchev–Trinajstić information content (AvgIpc) is 3.46. The highest BCUT2D eigenvalue weighted by atomic mass is 79.9. The van der Waals surface area contributed by atoms with E-state index in [-0.39, 0.29) is 18.2 Å². The minimum Gasteiger partial charge on any atom is -0.465 e. The fourth-order valence-electron chi connectivity index (χ4n) is 2.26. The van der Waals surface area contributed by atoms with Crippen molar-refractivity contribution >= 4 is 57.3 Å². The first-order chi connectivity index (χ1) is 15.0. The number of ether oxygens (including phenoxy) is 1. The highest BCUT2D eigenvalue weighted by Crippen LogP contribution is 2.22. The molecule has 0 spiro atoms. The first kappa shape index (κ1) is 22.2. The van der Waals surface area contributed by atoms with Crippen molar-refractivity contribution in [3.63, 3.8) is 0 Å². The zero-order valence-corrected chi connectivity index (χ0v) is 18.3. The van der Waals surface area contributed by atoms with Crippen molar-refractivity contribution in [2.45, 2.75) is 0 Å². The van der Waals surface area contributed by atoms with Crippen LogP contribution in [0.1, 0.15) is 21.0 Å². The molecule has 0 radical (unpaired) electrons. The number of furan rings is 1. The minimum atomic E-state index is -0.603. The zero-order chi connectivity index (χ0) is 22.1. The average molecular weight is 502 g/mol. The number of halogens is 1. The van der Waals surface area contributed by atoms with Crippen LogP contribution in [0.2, 0.25) is 0 Å². The van der Waals surface area contributed by atoms with E-state index in [9.17, 15) is 14.4 Å². The molecule has 2 aromatic heterocycles. The molecule has 8 nitrogen and oxygen atoms in total. The van der Waals surface area contributed by atoms with Crippen molar-refractivity contribution in [1.82, 2.24) is 10.7 Å². The van der Waals surface area contributed by atoms with Gasteiger partial charge in [-0.1, -0.05) is 22.0 Å². The Morgan fingerprint density at radius 3 is 2.81 bits per heavy atom. The van der Waals surface area contributed by atoms with Crippen molar-refractivity contribution in [1.29, 1.82) is 0 Å². The normalized spacial score (nSPS) is 11.0. The molecule has 0 fully saturated rings. The molecule has 0 bridgehead atoms. The van der Waals surface area contributed by atoms with E-state index in [1.54, 1.807) is 47.8 Å². The summed E-state index contributed by atoms with van der Waals surface area (Å²) >= 11 is 4.62. The van der Waals surface area contributed by atoms with Gasteiger partial charge in [-0.3, -0.25) is 9.59 Å². The van der Waals surface area contributed by atoms with Gasteiger partial charge in [-0.2, -0.15) is 5.10 Å². The van der Waals surface area contributed by atoms with E-state index in [2.05, 4.69) is 31.8 Å². The van der Waals surface area contributed by atoms with Crippen molar-refractivity contribution in [2.75, 3.05) is 6.54 Å². The van der Waals surface area contributed by atoms with Gasteiger partial charge in [-0.15, -0.1) is 11.3 Å². The summed E-state index contributed by atoms with van der Waals surface area (Å²) < 4.78 is 11.2. The number of benzene rings is 1. The number of nitrogens with zero attached hydrogens (tertiary/aromatic N) is 1. The molecule has 0 aliphatic heterocycles. The van der Waals surface area contributed by atoms with Gasteiger partial charge in [0.2, 0.25) is 0 Å². The Labute approximate surface area is 189 Å². The molecule has 1 aromatic carbocycles. The lowest BCUT2D eigenvalue weighted by Crippen LogP contribution is -2.34. The third-order valence-electron chi connectivity index (χ3n) is 3.66. The van der Waals surface area contributed by atoms with Gasteiger partial charge >= 0.3 is 5.97 Å². The van der Waals surface area contributed by atoms with Crippen molar-refractivity contribution in [2.24, 2.45) is 5.10 Å². The van der Waals surface area contributed by atoms with E-state index >= 15 is 0 Å². The predicted molar refractivity (Wildman–Crippen MR) is 120 cm³/mol. The Balaban J connectivity index is 1.55. The van der Waals surface area contributed by atoms with Crippen LogP contribution in [0.5, 0.6) is 5.75 Å². The van der Waals surface area contributed by atoms with Crippen LogP contribution in [-0.4, -0.2) is 30.5 Å². The van der Waals surface area contributed by atoms with Crippen molar-refractivity contribution < 1.29 is 23.5 Å². The first-order valence-corrected chi connectivity index (χ1v) is 10.5. The van der Waals surface area contributed by atoms with E-state index in [0.717, 1.165) is 4.47 Å². The lowest BCUT2D eigenvalue weighted by Gasteiger charge is -2.06. The van der Waals surface area contributed by atoms with Gasteiger partial charge in [0.1, 0.15) is 11.5 Å². The summed E-state index contributed by atoms with van der Waals surface area (Å²) in [7, 11) is 0. The maximum absolute atomic E-state index is 12.1. The molecule has 0 unspecified atom stereocenters. The maximum Gasteiger partial charge on any atom is 0.336 e. The molecule has 3 aromatic rings. The lowest BCUT2D eigenvalue weighted by atomic mass is 10.2. The largest absolute Gasteiger partial charge is 0.465 e.